The lowest BCUT2D eigenvalue weighted by atomic mass is 10.2. The van der Waals surface area contributed by atoms with Crippen LogP contribution in [0.3, 0.4) is 0 Å². The molecule has 0 fully saturated rings. The van der Waals surface area contributed by atoms with Gasteiger partial charge in [-0.3, -0.25) is 4.79 Å². The highest BCUT2D eigenvalue weighted by atomic mass is 35.5. The molecule has 0 bridgehead atoms. The second-order valence-corrected chi connectivity index (χ2v) is 4.51. The molecule has 0 spiro atoms. The maximum Gasteiger partial charge on any atom is 0.239 e. The molecule has 17 heavy (non-hydrogen) atoms. The summed E-state index contributed by atoms with van der Waals surface area (Å²) in [6.07, 6.45) is 0.671. The number of carbonyl (C=O) groups is 1. The van der Waals surface area contributed by atoms with Gasteiger partial charge in [0.2, 0.25) is 5.91 Å². The molecule has 0 radical (unpaired) electrons. The van der Waals surface area contributed by atoms with Crippen molar-refractivity contribution < 1.29 is 4.79 Å². The van der Waals surface area contributed by atoms with Crippen LogP contribution in [-0.4, -0.2) is 28.9 Å². The van der Waals surface area contributed by atoms with E-state index in [9.17, 15) is 4.79 Å². The predicted molar refractivity (Wildman–Crippen MR) is 76.1 cm³/mol. The molecular weight excluding hydrogens is 281 g/mol. The van der Waals surface area contributed by atoms with E-state index >= 15 is 0 Å². The summed E-state index contributed by atoms with van der Waals surface area (Å²) in [6, 6.07) is -0.386. The van der Waals surface area contributed by atoms with Gasteiger partial charge in [-0.25, -0.2) is 4.98 Å². The van der Waals surface area contributed by atoms with Crippen LogP contribution < -0.4 is 5.73 Å². The first-order valence-electron chi connectivity index (χ1n) is 4.95. The lowest BCUT2D eigenvalue weighted by molar-refractivity contribution is -0.131. The van der Waals surface area contributed by atoms with Gasteiger partial charge in [-0.1, -0.05) is 6.92 Å². The Balaban J connectivity index is 0. The molecule has 0 unspecified atom stereocenters. The average molecular weight is 300 g/mol. The maximum atomic E-state index is 11.7. The number of hydrogen-bond acceptors (Lipinski definition) is 4. The Kier molecular flexibility index (Phi) is 9.71. The number of halogens is 2. The largest absolute Gasteiger partial charge is 0.339 e. The van der Waals surface area contributed by atoms with Crippen molar-refractivity contribution in [3.8, 4) is 0 Å². The molecule has 0 saturated heterocycles. The van der Waals surface area contributed by atoms with Crippen LogP contribution in [0.25, 0.3) is 0 Å². The van der Waals surface area contributed by atoms with E-state index in [0.29, 0.717) is 13.0 Å². The van der Waals surface area contributed by atoms with Gasteiger partial charge < -0.3 is 10.6 Å². The van der Waals surface area contributed by atoms with E-state index in [0.717, 1.165) is 10.6 Å². The lowest BCUT2D eigenvalue weighted by Crippen LogP contribution is -2.40. The van der Waals surface area contributed by atoms with Crippen LogP contribution in [0, 0.1) is 6.92 Å². The zero-order valence-corrected chi connectivity index (χ0v) is 12.6. The van der Waals surface area contributed by atoms with E-state index in [1.807, 2.05) is 13.8 Å². The molecule has 1 aromatic heterocycles. The number of thiazole rings is 1. The summed E-state index contributed by atoms with van der Waals surface area (Å²) >= 11 is 1.57. The molecule has 0 aliphatic carbocycles. The highest BCUT2D eigenvalue weighted by molar-refractivity contribution is 7.09. The third-order valence-corrected chi connectivity index (χ3v) is 3.28. The second kappa shape index (κ2) is 8.69. The summed E-state index contributed by atoms with van der Waals surface area (Å²) in [5.74, 6) is -0.00898. The highest BCUT2D eigenvalue weighted by Gasteiger charge is 2.17. The third kappa shape index (κ3) is 5.21. The van der Waals surface area contributed by atoms with Crippen molar-refractivity contribution in [3.05, 3.63) is 16.1 Å². The third-order valence-electron chi connectivity index (χ3n) is 2.36. The summed E-state index contributed by atoms with van der Waals surface area (Å²) in [6.45, 7) is 4.46. The van der Waals surface area contributed by atoms with Crippen molar-refractivity contribution in [2.75, 3.05) is 7.05 Å². The summed E-state index contributed by atoms with van der Waals surface area (Å²) in [5.41, 5.74) is 8.47. The van der Waals surface area contributed by atoms with Gasteiger partial charge in [0.25, 0.3) is 0 Å². The Morgan fingerprint density at radius 3 is 2.59 bits per heavy atom. The van der Waals surface area contributed by atoms with Crippen LogP contribution in [0.5, 0.6) is 0 Å². The standard InChI is InChI=1S/C10H17N3OS.2ClH/c1-4-8(11)10(14)13(3)5-9-7(2)12-6-15-9;;/h6,8H,4-5,11H2,1-3H3;2*1H/t8-;;/m0../s1. The molecule has 0 aromatic carbocycles. The van der Waals surface area contributed by atoms with E-state index in [4.69, 9.17) is 5.73 Å². The van der Waals surface area contributed by atoms with E-state index in [-0.39, 0.29) is 36.8 Å². The zero-order valence-electron chi connectivity index (χ0n) is 10.2. The maximum absolute atomic E-state index is 11.7. The number of hydrogen-bond donors (Lipinski definition) is 1. The molecule has 2 N–H and O–H groups in total. The minimum Gasteiger partial charge on any atom is -0.339 e. The van der Waals surface area contributed by atoms with Crippen molar-refractivity contribution in [1.82, 2.24) is 9.88 Å². The van der Waals surface area contributed by atoms with Gasteiger partial charge in [-0.2, -0.15) is 0 Å². The van der Waals surface area contributed by atoms with Gasteiger partial charge in [0.05, 0.1) is 23.8 Å². The second-order valence-electron chi connectivity index (χ2n) is 3.57. The molecule has 1 rings (SSSR count). The number of carbonyl (C=O) groups excluding carboxylic acids is 1. The number of aromatic nitrogens is 1. The van der Waals surface area contributed by atoms with Crippen LogP contribution >= 0.6 is 36.2 Å². The van der Waals surface area contributed by atoms with Crippen LogP contribution in [-0.2, 0) is 11.3 Å². The van der Waals surface area contributed by atoms with Gasteiger partial charge in [-0.15, -0.1) is 36.2 Å². The summed E-state index contributed by atoms with van der Waals surface area (Å²) in [4.78, 5) is 18.6. The minimum atomic E-state index is -0.386. The van der Waals surface area contributed by atoms with E-state index < -0.39 is 0 Å². The first-order chi connectivity index (χ1) is 7.06. The number of likely N-dealkylation sites (N-methyl/N-ethyl adjacent to an activating group) is 1. The SMILES string of the molecule is CC[C@H](N)C(=O)N(C)Cc1scnc1C.Cl.Cl. The molecular formula is C10H19Cl2N3OS. The molecule has 7 heteroatoms. The fourth-order valence-corrected chi connectivity index (χ4v) is 2.06. The van der Waals surface area contributed by atoms with Crippen LogP contribution in [0.1, 0.15) is 23.9 Å². The number of nitrogens with zero attached hydrogens (tertiary/aromatic N) is 2. The molecule has 1 aromatic rings. The normalized spacial score (nSPS) is 11.1. The topological polar surface area (TPSA) is 59.2 Å². The molecule has 4 nitrogen and oxygen atoms in total. The highest BCUT2D eigenvalue weighted by Crippen LogP contribution is 2.14. The van der Waals surface area contributed by atoms with Crippen molar-refractivity contribution in [3.63, 3.8) is 0 Å². The van der Waals surface area contributed by atoms with E-state index in [2.05, 4.69) is 4.98 Å². The van der Waals surface area contributed by atoms with E-state index in [1.54, 1.807) is 28.8 Å². The van der Waals surface area contributed by atoms with E-state index in [1.165, 1.54) is 0 Å². The quantitative estimate of drug-likeness (QED) is 0.925. The van der Waals surface area contributed by atoms with Crippen LogP contribution in [0.4, 0.5) is 0 Å². The number of aryl methyl sites for hydroxylation is 1. The fraction of sp³-hybridized carbons (Fsp3) is 0.600. The molecule has 1 amide bonds. The summed E-state index contributed by atoms with van der Waals surface area (Å²) < 4.78 is 0. The first-order valence-corrected chi connectivity index (χ1v) is 5.83. The number of amides is 1. The van der Waals surface area contributed by atoms with Crippen molar-refractivity contribution in [2.24, 2.45) is 5.73 Å². The number of rotatable bonds is 4. The first kappa shape index (κ1) is 19.0. The monoisotopic (exact) mass is 299 g/mol. The summed E-state index contributed by atoms with van der Waals surface area (Å²) in [5, 5.41) is 0. The average Bonchev–Trinajstić information content (AvgIpc) is 2.62. The Morgan fingerprint density at radius 2 is 2.18 bits per heavy atom. The molecule has 1 heterocycles. The lowest BCUT2D eigenvalue weighted by Gasteiger charge is -2.19. The zero-order chi connectivity index (χ0) is 11.4. The predicted octanol–water partition coefficient (Wildman–Crippen LogP) is 1.99. The minimum absolute atomic E-state index is 0. The van der Waals surface area contributed by atoms with Crippen molar-refractivity contribution in [2.45, 2.75) is 32.9 Å². The van der Waals surface area contributed by atoms with Gasteiger partial charge in [0, 0.05) is 11.9 Å². The van der Waals surface area contributed by atoms with Gasteiger partial charge in [0.1, 0.15) is 0 Å². The number of nitrogens with two attached hydrogens (primary N) is 1. The Bertz CT molecular complexity index is 346. The van der Waals surface area contributed by atoms with Gasteiger partial charge in [0.15, 0.2) is 0 Å². The van der Waals surface area contributed by atoms with Gasteiger partial charge >= 0.3 is 0 Å². The Hall–Kier alpha value is -0.360. The van der Waals surface area contributed by atoms with Crippen LogP contribution in [0.15, 0.2) is 5.51 Å². The molecule has 0 saturated carbocycles. The van der Waals surface area contributed by atoms with Crippen molar-refractivity contribution in [1.29, 1.82) is 0 Å². The molecule has 0 aliphatic heterocycles. The van der Waals surface area contributed by atoms with Gasteiger partial charge in [-0.05, 0) is 13.3 Å². The molecule has 0 aliphatic rings. The fourth-order valence-electron chi connectivity index (χ4n) is 1.23. The van der Waals surface area contributed by atoms with Crippen LogP contribution in [0.2, 0.25) is 0 Å². The van der Waals surface area contributed by atoms with Crippen molar-refractivity contribution >= 4 is 42.1 Å². The smallest absolute Gasteiger partial charge is 0.239 e. The molecule has 1 atom stereocenters. The Labute approximate surface area is 118 Å². The summed E-state index contributed by atoms with van der Waals surface area (Å²) in [7, 11) is 1.77. The Morgan fingerprint density at radius 1 is 1.59 bits per heavy atom. The molecule has 100 valence electrons.